The Morgan fingerprint density at radius 3 is 2.69 bits per heavy atom. The lowest BCUT2D eigenvalue weighted by molar-refractivity contribution is -0.120. The van der Waals surface area contributed by atoms with Crippen LogP contribution in [0.2, 0.25) is 0 Å². The molecule has 2 aliphatic heterocycles. The molecule has 0 bridgehead atoms. The number of ether oxygens (including phenoxy) is 1. The number of nitrogens with zero attached hydrogens (tertiary/aromatic N) is 4. The van der Waals surface area contributed by atoms with Crippen LogP contribution in [0.25, 0.3) is 11.0 Å². The summed E-state index contributed by atoms with van der Waals surface area (Å²) in [7, 11) is 0. The normalized spacial score (nSPS) is 22.3. The summed E-state index contributed by atoms with van der Waals surface area (Å²) in [6.45, 7) is 7.89. The van der Waals surface area contributed by atoms with Crippen LogP contribution in [-0.2, 0) is 9.53 Å². The zero-order chi connectivity index (χ0) is 23.2. The molecule has 9 nitrogen and oxygen atoms in total. The average Bonchev–Trinajstić information content (AvgIpc) is 3.02. The van der Waals surface area contributed by atoms with Crippen LogP contribution in [0.15, 0.2) is 18.5 Å². The first-order chi connectivity index (χ1) is 15.0. The highest BCUT2D eigenvalue weighted by Crippen LogP contribution is 2.33. The standard InChI is InChI=1S/C22H28FN5O4/c1-13-11-28(17-5-7-26(12-16(17)23)21(31)32-22(2,3)4)19-15(13)9-14(10-24-19)27-8-6-18(29)25-20(27)30/h9-11,16-17H,5-8,12H2,1-4H3,(H,25,29,30)/t16-,17+/m0/s1. The van der Waals surface area contributed by atoms with Gasteiger partial charge in [-0.15, -0.1) is 0 Å². The number of alkyl halides is 1. The second-order valence-corrected chi connectivity index (χ2v) is 9.34. The molecule has 2 fully saturated rings. The van der Waals surface area contributed by atoms with Crippen molar-refractivity contribution in [3.05, 3.63) is 24.0 Å². The van der Waals surface area contributed by atoms with E-state index in [1.54, 1.807) is 27.0 Å². The predicted octanol–water partition coefficient (Wildman–Crippen LogP) is 3.31. The monoisotopic (exact) mass is 445 g/mol. The smallest absolute Gasteiger partial charge is 0.410 e. The Kier molecular flexibility index (Phi) is 5.56. The fraction of sp³-hybridized carbons (Fsp3) is 0.545. The molecule has 172 valence electrons. The molecule has 2 aromatic heterocycles. The van der Waals surface area contributed by atoms with Gasteiger partial charge in [0.1, 0.15) is 17.4 Å². The van der Waals surface area contributed by atoms with Crippen LogP contribution >= 0.6 is 0 Å². The van der Waals surface area contributed by atoms with Gasteiger partial charge >= 0.3 is 12.1 Å². The number of carbonyl (C=O) groups is 3. The molecule has 2 saturated heterocycles. The van der Waals surface area contributed by atoms with Crippen molar-refractivity contribution in [2.45, 2.75) is 58.4 Å². The molecule has 4 rings (SSSR count). The minimum absolute atomic E-state index is 0.0433. The molecule has 0 aliphatic carbocycles. The van der Waals surface area contributed by atoms with E-state index in [0.717, 1.165) is 10.9 Å². The van der Waals surface area contributed by atoms with Crippen molar-refractivity contribution in [2.24, 2.45) is 0 Å². The lowest BCUT2D eigenvalue weighted by atomic mass is 10.0. The Bertz CT molecular complexity index is 1080. The van der Waals surface area contributed by atoms with Gasteiger partial charge in [0.05, 0.1) is 24.5 Å². The first-order valence-electron chi connectivity index (χ1n) is 10.7. The summed E-state index contributed by atoms with van der Waals surface area (Å²) in [6, 6.07) is 0.907. The van der Waals surface area contributed by atoms with Gasteiger partial charge in [-0.1, -0.05) is 0 Å². The Labute approximate surface area is 185 Å². The first kappa shape index (κ1) is 22.0. The summed E-state index contributed by atoms with van der Waals surface area (Å²) >= 11 is 0. The molecule has 4 amide bonds. The quantitative estimate of drug-likeness (QED) is 0.765. The van der Waals surface area contributed by atoms with Gasteiger partial charge in [0.15, 0.2) is 0 Å². The predicted molar refractivity (Wildman–Crippen MR) is 116 cm³/mol. The van der Waals surface area contributed by atoms with Crippen LogP contribution in [0.4, 0.5) is 19.7 Å². The number of anilines is 1. The number of nitrogens with one attached hydrogen (secondary N) is 1. The highest BCUT2D eigenvalue weighted by molar-refractivity contribution is 6.06. The van der Waals surface area contributed by atoms with Crippen LogP contribution in [0.3, 0.4) is 0 Å². The van der Waals surface area contributed by atoms with E-state index in [1.807, 2.05) is 23.8 Å². The summed E-state index contributed by atoms with van der Waals surface area (Å²) in [6.07, 6.45) is 2.31. The second kappa shape index (κ2) is 8.07. The molecule has 0 unspecified atom stereocenters. The summed E-state index contributed by atoms with van der Waals surface area (Å²) in [4.78, 5) is 43.3. The number of pyridine rings is 1. The number of aromatic nitrogens is 2. The summed E-state index contributed by atoms with van der Waals surface area (Å²) in [5, 5.41) is 3.12. The van der Waals surface area contributed by atoms with Crippen molar-refractivity contribution < 1.29 is 23.5 Å². The largest absolute Gasteiger partial charge is 0.444 e. The molecule has 2 aliphatic rings. The number of hydrogen-bond donors (Lipinski definition) is 1. The van der Waals surface area contributed by atoms with Crippen LogP contribution < -0.4 is 10.2 Å². The van der Waals surface area contributed by atoms with E-state index in [1.165, 1.54) is 9.80 Å². The third kappa shape index (κ3) is 4.26. The zero-order valence-corrected chi connectivity index (χ0v) is 18.7. The maximum Gasteiger partial charge on any atom is 0.410 e. The topological polar surface area (TPSA) is 96.8 Å². The SMILES string of the molecule is Cc1cn([C@@H]2CCN(C(=O)OC(C)(C)C)C[C@@H]2F)c2ncc(N3CCC(=O)NC3=O)cc12. The lowest BCUT2D eigenvalue weighted by Gasteiger charge is -2.36. The van der Waals surface area contributed by atoms with Gasteiger partial charge in [0.25, 0.3) is 0 Å². The Hall–Kier alpha value is -3.17. The highest BCUT2D eigenvalue weighted by Gasteiger charge is 2.35. The minimum atomic E-state index is -1.27. The van der Waals surface area contributed by atoms with Crippen LogP contribution in [0.1, 0.15) is 45.2 Å². The maximum atomic E-state index is 15.2. The summed E-state index contributed by atoms with van der Waals surface area (Å²) in [5.74, 6) is -0.297. The molecule has 0 saturated carbocycles. The lowest BCUT2D eigenvalue weighted by Crippen LogP contribution is -2.49. The molecule has 0 aromatic carbocycles. The number of piperidine rings is 1. The van der Waals surface area contributed by atoms with E-state index >= 15 is 4.39 Å². The van der Waals surface area contributed by atoms with E-state index in [-0.39, 0.29) is 25.4 Å². The Balaban J connectivity index is 1.55. The van der Waals surface area contributed by atoms with Crippen LogP contribution in [-0.4, -0.2) is 63.9 Å². The van der Waals surface area contributed by atoms with Gasteiger partial charge in [-0.3, -0.25) is 15.0 Å². The van der Waals surface area contributed by atoms with Gasteiger partial charge < -0.3 is 14.2 Å². The van der Waals surface area contributed by atoms with Crippen molar-refractivity contribution in [1.82, 2.24) is 19.8 Å². The number of fused-ring (bicyclic) bond motifs is 1. The maximum absolute atomic E-state index is 15.2. The van der Waals surface area contributed by atoms with E-state index in [2.05, 4.69) is 10.3 Å². The molecule has 1 N–H and O–H groups in total. The molecule has 0 radical (unpaired) electrons. The van der Waals surface area contributed by atoms with Gasteiger partial charge in [-0.25, -0.2) is 19.0 Å². The molecule has 2 atom stereocenters. The van der Waals surface area contributed by atoms with Crippen molar-refractivity contribution in [3.8, 4) is 0 Å². The van der Waals surface area contributed by atoms with Crippen molar-refractivity contribution in [1.29, 1.82) is 0 Å². The summed E-state index contributed by atoms with van der Waals surface area (Å²) in [5.41, 5.74) is 1.48. The molecule has 4 heterocycles. The number of carbonyl (C=O) groups excluding carboxylic acids is 3. The Morgan fingerprint density at radius 1 is 1.28 bits per heavy atom. The highest BCUT2D eigenvalue weighted by atomic mass is 19.1. The fourth-order valence-corrected chi connectivity index (χ4v) is 4.19. The zero-order valence-electron chi connectivity index (χ0n) is 18.7. The molecule has 2 aromatic rings. The van der Waals surface area contributed by atoms with E-state index in [0.29, 0.717) is 24.3 Å². The van der Waals surface area contributed by atoms with Crippen molar-refractivity contribution in [2.75, 3.05) is 24.5 Å². The number of likely N-dealkylation sites (tertiary alicyclic amines) is 1. The van der Waals surface area contributed by atoms with Crippen molar-refractivity contribution in [3.63, 3.8) is 0 Å². The number of aryl methyl sites for hydroxylation is 1. The number of urea groups is 1. The number of halogens is 1. The first-order valence-corrected chi connectivity index (χ1v) is 10.7. The van der Waals surface area contributed by atoms with Gasteiger partial charge in [0, 0.05) is 31.1 Å². The van der Waals surface area contributed by atoms with Gasteiger partial charge in [0.2, 0.25) is 5.91 Å². The van der Waals surface area contributed by atoms with Crippen LogP contribution in [0, 0.1) is 6.92 Å². The fourth-order valence-electron chi connectivity index (χ4n) is 4.19. The van der Waals surface area contributed by atoms with Gasteiger partial charge in [-0.05, 0) is 45.7 Å². The molecular formula is C22H28FN5O4. The number of hydrogen-bond acceptors (Lipinski definition) is 5. The number of imide groups is 1. The molecule has 32 heavy (non-hydrogen) atoms. The van der Waals surface area contributed by atoms with Crippen LogP contribution in [0.5, 0.6) is 0 Å². The molecule has 10 heteroatoms. The van der Waals surface area contributed by atoms with E-state index in [9.17, 15) is 14.4 Å². The number of amides is 4. The third-order valence-electron chi connectivity index (χ3n) is 5.74. The molecule has 0 spiro atoms. The van der Waals surface area contributed by atoms with E-state index < -0.39 is 29.9 Å². The average molecular weight is 445 g/mol. The van der Waals surface area contributed by atoms with E-state index in [4.69, 9.17) is 4.74 Å². The molecular weight excluding hydrogens is 417 g/mol. The van der Waals surface area contributed by atoms with Gasteiger partial charge in [-0.2, -0.15) is 0 Å². The minimum Gasteiger partial charge on any atom is -0.444 e. The van der Waals surface area contributed by atoms with Crippen molar-refractivity contribution >= 4 is 34.8 Å². The Morgan fingerprint density at radius 2 is 2.03 bits per heavy atom. The number of rotatable bonds is 2. The third-order valence-corrected chi connectivity index (χ3v) is 5.74. The summed E-state index contributed by atoms with van der Waals surface area (Å²) < 4.78 is 22.4. The second-order valence-electron chi connectivity index (χ2n) is 9.34.